The van der Waals surface area contributed by atoms with E-state index in [0.717, 1.165) is 41.5 Å². The fourth-order valence-electron chi connectivity index (χ4n) is 3.49. The lowest BCUT2D eigenvalue weighted by Gasteiger charge is -2.36. The topological polar surface area (TPSA) is 404 Å². The van der Waals surface area contributed by atoms with E-state index in [-0.39, 0.29) is 0 Å². The van der Waals surface area contributed by atoms with Crippen molar-refractivity contribution >= 4 is 78.0 Å². The van der Waals surface area contributed by atoms with Crippen molar-refractivity contribution in [3.63, 3.8) is 0 Å². The van der Waals surface area contributed by atoms with Gasteiger partial charge in [0.25, 0.3) is 0 Å². The van der Waals surface area contributed by atoms with Crippen LogP contribution in [0.4, 0.5) is 26.3 Å². The Bertz CT molecular complexity index is 2140. The van der Waals surface area contributed by atoms with Crippen molar-refractivity contribution in [2.24, 2.45) is 10.2 Å². The molecule has 0 aromatic carbocycles. The Morgan fingerprint density at radius 1 is 0.438 bits per heavy atom. The number of rotatable bonds is 24. The summed E-state index contributed by atoms with van der Waals surface area (Å²) in [6.07, 6.45) is 0. The minimum Gasteiger partial charge on any atom is -0.463 e. The maximum atomic E-state index is 14.0. The van der Waals surface area contributed by atoms with Crippen LogP contribution in [0.2, 0.25) is 0 Å². The molecule has 0 spiro atoms. The van der Waals surface area contributed by atoms with Crippen LogP contribution < -0.4 is 10.6 Å². The number of hydrogen-bond acceptors (Lipinski definition) is 22. The summed E-state index contributed by atoms with van der Waals surface area (Å²) in [5, 5.41) is -6.33. The molecule has 0 heterocycles. The van der Waals surface area contributed by atoms with Gasteiger partial charge in [0.05, 0.1) is 0 Å². The predicted octanol–water partition coefficient (Wildman–Crippen LogP) is -1.53. The zero-order chi connectivity index (χ0) is 50.9. The number of alkyl halides is 6. The highest BCUT2D eigenvalue weighted by molar-refractivity contribution is 7.88. The Kier molecular flexibility index (Phi) is 18.9. The number of nitrogens with one attached hydrogen (secondary N) is 2. The zero-order valence-electron chi connectivity index (χ0n) is 33.6. The molecule has 64 heavy (non-hydrogen) atoms. The third-order valence-electron chi connectivity index (χ3n) is 7.20. The lowest BCUT2D eigenvalue weighted by atomic mass is 9.98. The van der Waals surface area contributed by atoms with Gasteiger partial charge in [0.15, 0.2) is 11.1 Å². The second-order valence-electron chi connectivity index (χ2n) is 13.8. The van der Waals surface area contributed by atoms with Crippen LogP contribution in [-0.4, -0.2) is 164 Å². The SMILES string of the molecule is CC(=O)OCC(COC(C)=O)(COC(=O)C(F)(F)S(=O)(=O)O)NC(=O)C(C)(C)N=NC(C)(C)C(=O)NC(COC(C)=O)(COC(=O)C(F)(F)S(=O)(=O)O)COC(=O)C(F)(F)S(=O)(=O)O. The van der Waals surface area contributed by atoms with Crippen LogP contribution in [0.25, 0.3) is 0 Å². The highest BCUT2D eigenvalue weighted by Crippen LogP contribution is 2.27. The fraction of sp³-hybridized carbons (Fsp3) is 0.714. The molecular weight excluding hydrogens is 971 g/mol. The van der Waals surface area contributed by atoms with E-state index in [2.05, 4.69) is 29.2 Å². The number of halogens is 6. The summed E-state index contributed by atoms with van der Waals surface area (Å²) in [5.41, 5.74) is -10.7. The molecule has 0 fully saturated rings. The van der Waals surface area contributed by atoms with Crippen molar-refractivity contribution < 1.29 is 132 Å². The van der Waals surface area contributed by atoms with Gasteiger partial charge in [-0.3, -0.25) is 37.6 Å². The maximum absolute atomic E-state index is 14.0. The van der Waals surface area contributed by atoms with Crippen molar-refractivity contribution in [2.75, 3.05) is 39.6 Å². The van der Waals surface area contributed by atoms with E-state index < -0.39 is 156 Å². The first-order chi connectivity index (χ1) is 28.3. The number of ether oxygens (including phenoxy) is 6. The van der Waals surface area contributed by atoms with Gasteiger partial charge in [-0.05, 0) is 27.7 Å². The Hall–Kier alpha value is -5.33. The number of carbonyl (C=O) groups excluding carboxylic acids is 8. The minimum atomic E-state index is -6.62. The molecule has 368 valence electrons. The Morgan fingerprint density at radius 3 is 0.797 bits per heavy atom. The maximum Gasteiger partial charge on any atom is 0.465 e. The lowest BCUT2D eigenvalue weighted by molar-refractivity contribution is -0.173. The predicted molar refractivity (Wildman–Crippen MR) is 187 cm³/mol. The van der Waals surface area contributed by atoms with Gasteiger partial charge in [-0.2, -0.15) is 61.8 Å². The number of azo groups is 1. The average molecular weight is 1010 g/mol. The molecule has 0 radical (unpaired) electrons. The number of carbonyl (C=O) groups is 8. The highest BCUT2D eigenvalue weighted by Gasteiger charge is 2.58. The van der Waals surface area contributed by atoms with Crippen molar-refractivity contribution in [3.8, 4) is 0 Å². The molecule has 0 aromatic heterocycles. The third kappa shape index (κ3) is 16.0. The molecule has 27 nitrogen and oxygen atoms in total. The van der Waals surface area contributed by atoms with E-state index in [1.54, 1.807) is 5.32 Å². The molecule has 0 aliphatic heterocycles. The lowest BCUT2D eigenvalue weighted by Crippen LogP contribution is -2.63. The number of esters is 6. The van der Waals surface area contributed by atoms with Crippen LogP contribution in [0.5, 0.6) is 0 Å². The summed E-state index contributed by atoms with van der Waals surface area (Å²) in [5.74, 6) is -16.2. The first-order valence-electron chi connectivity index (χ1n) is 16.4. The van der Waals surface area contributed by atoms with Crippen LogP contribution in [0.15, 0.2) is 10.2 Å². The van der Waals surface area contributed by atoms with Gasteiger partial charge >= 0.3 is 81.9 Å². The summed E-state index contributed by atoms with van der Waals surface area (Å²) < 4.78 is 203. The van der Waals surface area contributed by atoms with Gasteiger partial charge in [-0.1, -0.05) is 0 Å². The molecule has 0 aromatic rings. The normalized spacial score (nSPS) is 13.6. The molecule has 2 amide bonds. The molecule has 0 rings (SSSR count). The minimum absolute atomic E-state index is 0.612. The standard InChI is InChI=1S/C28H38F6N4O23S3/c1-14(39)56-8-24(9-57-15(2)40,11-59-19(44)26(29,30)62(47,48)49)35-17(42)22(4,5)37-38-23(6,7)18(43)36-25(10-58-16(3)41,12-60-20(45)27(31,32)63(50,51)52)13-61-21(46)28(33,34)64(53,54)55/h8-13H2,1-7H3,(H,35,42)(H,36,43)(H,47,48,49)(H,50,51,52)(H,53,54,55). The zero-order valence-corrected chi connectivity index (χ0v) is 36.1. The van der Waals surface area contributed by atoms with Crippen LogP contribution in [0.1, 0.15) is 48.5 Å². The van der Waals surface area contributed by atoms with E-state index in [1.807, 2.05) is 5.32 Å². The van der Waals surface area contributed by atoms with E-state index in [4.69, 9.17) is 23.1 Å². The fourth-order valence-corrected chi connectivity index (χ4v) is 4.30. The second kappa shape index (κ2) is 20.7. The van der Waals surface area contributed by atoms with E-state index in [0.29, 0.717) is 6.92 Å². The molecule has 0 unspecified atom stereocenters. The molecule has 0 saturated heterocycles. The molecule has 0 aliphatic carbocycles. The van der Waals surface area contributed by atoms with Crippen molar-refractivity contribution in [1.82, 2.24) is 10.6 Å². The molecule has 0 saturated carbocycles. The summed E-state index contributed by atoms with van der Waals surface area (Å²) in [6.45, 7) is -4.29. The van der Waals surface area contributed by atoms with Gasteiger partial charge < -0.3 is 39.1 Å². The van der Waals surface area contributed by atoms with Gasteiger partial charge in [0.1, 0.15) is 50.7 Å². The Labute approximate surface area is 356 Å². The summed E-state index contributed by atoms with van der Waals surface area (Å²) in [4.78, 5) is 98.1. The third-order valence-corrected chi connectivity index (χ3v) is 9.64. The van der Waals surface area contributed by atoms with E-state index in [9.17, 15) is 90.0 Å². The second-order valence-corrected chi connectivity index (χ2v) is 18.2. The molecule has 5 N–H and O–H groups in total. The van der Waals surface area contributed by atoms with E-state index >= 15 is 0 Å². The Balaban J connectivity index is 7.22. The van der Waals surface area contributed by atoms with Gasteiger partial charge in [0.2, 0.25) is 11.8 Å². The smallest absolute Gasteiger partial charge is 0.463 e. The molecule has 0 aliphatic rings. The van der Waals surface area contributed by atoms with Gasteiger partial charge in [0, 0.05) is 20.8 Å². The van der Waals surface area contributed by atoms with E-state index in [1.165, 1.54) is 0 Å². The first-order valence-corrected chi connectivity index (χ1v) is 20.7. The van der Waals surface area contributed by atoms with Crippen molar-refractivity contribution in [1.29, 1.82) is 0 Å². The largest absolute Gasteiger partial charge is 0.465 e. The average Bonchev–Trinajstić information content (AvgIpc) is 3.12. The Morgan fingerprint density at radius 2 is 0.625 bits per heavy atom. The van der Waals surface area contributed by atoms with Crippen molar-refractivity contribution in [3.05, 3.63) is 0 Å². The van der Waals surface area contributed by atoms with Crippen molar-refractivity contribution in [2.45, 2.75) is 86.4 Å². The molecule has 0 atom stereocenters. The summed E-state index contributed by atoms with van der Waals surface area (Å²) >= 11 is 0. The summed E-state index contributed by atoms with van der Waals surface area (Å²) in [7, 11) is -19.7. The van der Waals surface area contributed by atoms with Gasteiger partial charge in [-0.15, -0.1) is 0 Å². The van der Waals surface area contributed by atoms with Crippen LogP contribution in [-0.2, 0) is 97.1 Å². The van der Waals surface area contributed by atoms with Crippen LogP contribution in [0, 0.1) is 0 Å². The number of amides is 2. The van der Waals surface area contributed by atoms with Crippen LogP contribution >= 0.6 is 0 Å². The molecule has 0 bridgehead atoms. The number of hydrogen-bond donors (Lipinski definition) is 5. The summed E-state index contributed by atoms with van der Waals surface area (Å²) in [6, 6.07) is 0. The van der Waals surface area contributed by atoms with Crippen LogP contribution in [0.3, 0.4) is 0 Å². The monoisotopic (exact) mass is 1010 g/mol. The quantitative estimate of drug-likeness (QED) is 0.0241. The molecule has 36 heteroatoms. The number of nitrogens with zero attached hydrogens (tertiary/aromatic N) is 2. The van der Waals surface area contributed by atoms with Gasteiger partial charge in [-0.25, -0.2) is 14.4 Å². The highest BCUT2D eigenvalue weighted by atomic mass is 32.2. The first kappa shape index (κ1) is 58.7. The molecular formula is C28H38F6N4O23S3.